The predicted octanol–water partition coefficient (Wildman–Crippen LogP) is 3.59. The van der Waals surface area contributed by atoms with Gasteiger partial charge >= 0.3 is 0 Å². The molecule has 1 fully saturated rings. The monoisotopic (exact) mass is 221 g/mol. The highest BCUT2D eigenvalue weighted by atomic mass is 14.9. The summed E-state index contributed by atoms with van der Waals surface area (Å²) in [7, 11) is 0. The molecule has 1 rings (SSSR count). The van der Waals surface area contributed by atoms with E-state index in [1.54, 1.807) is 0 Å². The van der Waals surface area contributed by atoms with Crippen LogP contribution in [0.2, 0.25) is 0 Å². The van der Waals surface area contributed by atoms with Crippen molar-refractivity contribution >= 4 is 0 Å². The van der Waals surface area contributed by atoms with Crippen LogP contribution in [0.1, 0.15) is 59.3 Å². The van der Waals surface area contributed by atoms with E-state index in [1.807, 2.05) is 0 Å². The minimum atomic E-state index is 0.459. The van der Waals surface area contributed by atoms with Crippen molar-refractivity contribution < 1.29 is 0 Å². The maximum absolute atomic E-state index is 5.51. The van der Waals surface area contributed by atoms with Gasteiger partial charge in [0.25, 0.3) is 0 Å². The summed E-state index contributed by atoms with van der Waals surface area (Å²) in [6.45, 7) is 8.13. The van der Waals surface area contributed by atoms with Crippen LogP contribution in [0, 0.1) is 23.7 Å². The van der Waals surface area contributed by atoms with Crippen LogP contribution < -0.4 is 5.32 Å². The van der Waals surface area contributed by atoms with Gasteiger partial charge in [0.15, 0.2) is 0 Å². The number of hydrogen-bond donors (Lipinski definition) is 1. The zero-order valence-electron chi connectivity index (χ0n) is 11.2. The molecule has 0 saturated heterocycles. The first-order valence-electron chi connectivity index (χ1n) is 6.78. The summed E-state index contributed by atoms with van der Waals surface area (Å²) < 4.78 is 0. The van der Waals surface area contributed by atoms with Crippen LogP contribution in [-0.2, 0) is 0 Å². The molecule has 0 spiro atoms. The fourth-order valence-corrected chi connectivity index (χ4v) is 3.08. The van der Waals surface area contributed by atoms with E-state index < -0.39 is 0 Å². The largest absolute Gasteiger partial charge is 0.313 e. The Balaban J connectivity index is 2.63. The number of rotatable bonds is 5. The third-order valence-electron chi connectivity index (χ3n) is 4.07. The van der Waals surface area contributed by atoms with Gasteiger partial charge < -0.3 is 5.32 Å². The summed E-state index contributed by atoms with van der Waals surface area (Å²) >= 11 is 0. The van der Waals surface area contributed by atoms with Crippen molar-refractivity contribution in [3.63, 3.8) is 0 Å². The predicted molar refractivity (Wildman–Crippen MR) is 71.3 cm³/mol. The summed E-state index contributed by atoms with van der Waals surface area (Å²) in [6.07, 6.45) is 13.0. The van der Waals surface area contributed by atoms with Crippen molar-refractivity contribution in [3.05, 3.63) is 0 Å². The Morgan fingerprint density at radius 2 is 2.19 bits per heavy atom. The Morgan fingerprint density at radius 3 is 2.75 bits per heavy atom. The lowest BCUT2D eigenvalue weighted by Gasteiger charge is -2.43. The normalized spacial score (nSPS) is 26.0. The Morgan fingerprint density at radius 1 is 1.44 bits per heavy atom. The molecular formula is C15H27N. The molecular weight excluding hydrogens is 194 g/mol. The zero-order valence-corrected chi connectivity index (χ0v) is 11.2. The second-order valence-electron chi connectivity index (χ2n) is 5.81. The van der Waals surface area contributed by atoms with Crippen LogP contribution in [-0.4, -0.2) is 12.6 Å². The lowest BCUT2D eigenvalue weighted by Crippen LogP contribution is -2.44. The summed E-state index contributed by atoms with van der Waals surface area (Å²) in [6, 6.07) is 0.528. The van der Waals surface area contributed by atoms with Crippen LogP contribution in [0.3, 0.4) is 0 Å². The van der Waals surface area contributed by atoms with Gasteiger partial charge in [0, 0.05) is 12.5 Å². The molecule has 1 aliphatic carbocycles. The third kappa shape index (κ3) is 3.52. The molecule has 0 aromatic heterocycles. The quantitative estimate of drug-likeness (QED) is 0.700. The molecule has 16 heavy (non-hydrogen) atoms. The number of hydrogen-bond acceptors (Lipinski definition) is 1. The molecule has 1 aliphatic rings. The second-order valence-corrected chi connectivity index (χ2v) is 5.81. The Bertz CT molecular complexity index is 236. The van der Waals surface area contributed by atoms with Crippen LogP contribution >= 0.6 is 0 Å². The topological polar surface area (TPSA) is 12.0 Å². The maximum Gasteiger partial charge on any atom is 0.0243 e. The number of nitrogens with one attached hydrogen (secondary N) is 1. The van der Waals surface area contributed by atoms with E-state index in [0.29, 0.717) is 11.5 Å². The first-order valence-corrected chi connectivity index (χ1v) is 6.78. The first kappa shape index (κ1) is 13.6. The van der Waals surface area contributed by atoms with E-state index in [4.69, 9.17) is 6.42 Å². The van der Waals surface area contributed by atoms with Gasteiger partial charge in [-0.25, -0.2) is 0 Å². The molecule has 1 N–H and O–H groups in total. The standard InChI is InChI=1S/C15H27N/c1-5-9-14(16-12-6-2)13-10-7-8-11-15(13,3)4/h1,13-14,16H,6-12H2,2-4H3. The fraction of sp³-hybridized carbons (Fsp3) is 0.867. The van der Waals surface area contributed by atoms with E-state index >= 15 is 0 Å². The summed E-state index contributed by atoms with van der Waals surface area (Å²) in [5.74, 6) is 3.60. The molecule has 0 aromatic rings. The fourth-order valence-electron chi connectivity index (χ4n) is 3.08. The van der Waals surface area contributed by atoms with E-state index in [0.717, 1.165) is 18.9 Å². The highest BCUT2D eigenvalue weighted by molar-refractivity contribution is 4.97. The van der Waals surface area contributed by atoms with Crippen LogP contribution in [0.15, 0.2) is 0 Å². The molecule has 0 heterocycles. The summed E-state index contributed by atoms with van der Waals surface area (Å²) in [4.78, 5) is 0. The molecule has 2 unspecified atom stereocenters. The highest BCUT2D eigenvalue weighted by Gasteiger charge is 2.36. The second kappa shape index (κ2) is 6.30. The van der Waals surface area contributed by atoms with E-state index in [1.165, 1.54) is 32.1 Å². The van der Waals surface area contributed by atoms with Crippen molar-refractivity contribution in [2.75, 3.05) is 6.54 Å². The van der Waals surface area contributed by atoms with Gasteiger partial charge in [-0.05, 0) is 37.1 Å². The molecule has 0 aromatic carbocycles. The molecule has 0 radical (unpaired) electrons. The van der Waals surface area contributed by atoms with E-state index in [2.05, 4.69) is 32.0 Å². The molecule has 1 nitrogen and oxygen atoms in total. The first-order chi connectivity index (χ1) is 7.61. The Kier molecular flexibility index (Phi) is 5.35. The average molecular weight is 221 g/mol. The smallest absolute Gasteiger partial charge is 0.0243 e. The highest BCUT2D eigenvalue weighted by Crippen LogP contribution is 2.42. The Labute approximate surface area is 101 Å². The van der Waals surface area contributed by atoms with Gasteiger partial charge in [0.05, 0.1) is 0 Å². The lowest BCUT2D eigenvalue weighted by molar-refractivity contribution is 0.0998. The van der Waals surface area contributed by atoms with Crippen LogP contribution in [0.5, 0.6) is 0 Å². The SMILES string of the molecule is C#CCC(NCCC)C1CCCCC1(C)C. The maximum atomic E-state index is 5.51. The molecule has 92 valence electrons. The Hall–Kier alpha value is -0.480. The summed E-state index contributed by atoms with van der Waals surface area (Å²) in [5.41, 5.74) is 0.459. The zero-order chi connectivity index (χ0) is 12.0. The lowest BCUT2D eigenvalue weighted by atomic mass is 9.65. The number of terminal acetylenes is 1. The minimum absolute atomic E-state index is 0.459. The average Bonchev–Trinajstić information content (AvgIpc) is 2.24. The molecule has 0 bridgehead atoms. The van der Waals surface area contributed by atoms with Gasteiger partial charge in [0.1, 0.15) is 0 Å². The van der Waals surface area contributed by atoms with Gasteiger partial charge in [0.2, 0.25) is 0 Å². The minimum Gasteiger partial charge on any atom is -0.313 e. The van der Waals surface area contributed by atoms with Crippen molar-refractivity contribution in [2.45, 2.75) is 65.3 Å². The van der Waals surface area contributed by atoms with Crippen LogP contribution in [0.25, 0.3) is 0 Å². The van der Waals surface area contributed by atoms with Crippen molar-refractivity contribution in [2.24, 2.45) is 11.3 Å². The van der Waals surface area contributed by atoms with Gasteiger partial charge in [-0.15, -0.1) is 12.3 Å². The van der Waals surface area contributed by atoms with Gasteiger partial charge in [-0.1, -0.05) is 33.6 Å². The van der Waals surface area contributed by atoms with Crippen molar-refractivity contribution in [3.8, 4) is 12.3 Å². The van der Waals surface area contributed by atoms with Crippen molar-refractivity contribution in [1.82, 2.24) is 5.32 Å². The molecule has 1 heteroatoms. The van der Waals surface area contributed by atoms with Crippen LogP contribution in [0.4, 0.5) is 0 Å². The molecule has 1 saturated carbocycles. The van der Waals surface area contributed by atoms with Crippen molar-refractivity contribution in [1.29, 1.82) is 0 Å². The van der Waals surface area contributed by atoms with E-state index in [-0.39, 0.29) is 0 Å². The summed E-state index contributed by atoms with van der Waals surface area (Å²) in [5, 5.41) is 3.65. The molecule has 0 aliphatic heterocycles. The third-order valence-corrected chi connectivity index (χ3v) is 4.07. The van der Waals surface area contributed by atoms with Gasteiger partial charge in [-0.2, -0.15) is 0 Å². The molecule has 2 atom stereocenters. The van der Waals surface area contributed by atoms with E-state index in [9.17, 15) is 0 Å². The molecule has 0 amide bonds. The van der Waals surface area contributed by atoms with Gasteiger partial charge in [-0.3, -0.25) is 0 Å².